The third-order valence-electron chi connectivity index (χ3n) is 2.78. The Morgan fingerprint density at radius 1 is 1.25 bits per heavy atom. The highest BCUT2D eigenvalue weighted by Crippen LogP contribution is 2.27. The Labute approximate surface area is 114 Å². The van der Waals surface area contributed by atoms with Gasteiger partial charge in [0.25, 0.3) is 5.69 Å². The minimum atomic E-state index is -0.598. The number of carbonyl (C=O) groups excluding carboxylic acids is 1. The molecule has 0 aliphatic heterocycles. The Morgan fingerprint density at radius 2 is 1.90 bits per heavy atom. The molecule has 2 aromatic rings. The zero-order valence-electron chi connectivity index (χ0n) is 10.5. The van der Waals surface area contributed by atoms with Crippen molar-refractivity contribution < 1.29 is 14.1 Å². The third-order valence-corrected chi connectivity index (χ3v) is 2.78. The van der Waals surface area contributed by atoms with Crippen LogP contribution >= 0.6 is 0 Å². The van der Waals surface area contributed by atoms with Crippen molar-refractivity contribution in [1.82, 2.24) is 0 Å². The van der Waals surface area contributed by atoms with Crippen LogP contribution < -0.4 is 11.5 Å². The molecule has 1 atom stereocenters. The van der Waals surface area contributed by atoms with Crippen molar-refractivity contribution in [1.29, 1.82) is 0 Å². The van der Waals surface area contributed by atoms with Crippen LogP contribution in [0, 0.1) is 10.1 Å². The molecule has 7 nitrogen and oxygen atoms in total. The quantitative estimate of drug-likeness (QED) is 0.634. The first-order valence-corrected chi connectivity index (χ1v) is 5.86. The molecule has 0 saturated heterocycles. The molecule has 1 aromatic heterocycles. The van der Waals surface area contributed by atoms with E-state index in [4.69, 9.17) is 15.9 Å². The number of nitrogens with zero attached hydrogens (tertiary/aromatic N) is 1. The number of carbonyl (C=O) groups is 1. The maximum atomic E-state index is 10.8. The van der Waals surface area contributed by atoms with Crippen molar-refractivity contribution in [3.05, 3.63) is 52.3 Å². The van der Waals surface area contributed by atoms with Gasteiger partial charge < -0.3 is 15.9 Å². The Bertz CT molecular complexity index is 633. The summed E-state index contributed by atoms with van der Waals surface area (Å²) in [4.78, 5) is 20.9. The minimum Gasteiger partial charge on any atom is -0.459 e. The van der Waals surface area contributed by atoms with Crippen LogP contribution in [0.3, 0.4) is 0 Å². The summed E-state index contributed by atoms with van der Waals surface area (Å²) in [5.74, 6) is 0.456. The van der Waals surface area contributed by atoms with Crippen LogP contribution in [-0.2, 0) is 4.79 Å². The molecule has 0 spiro atoms. The minimum absolute atomic E-state index is 0.00552. The summed E-state index contributed by atoms with van der Waals surface area (Å²) in [7, 11) is 0. The maximum Gasteiger partial charge on any atom is 0.269 e. The predicted molar refractivity (Wildman–Crippen MR) is 71.5 cm³/mol. The monoisotopic (exact) mass is 275 g/mol. The van der Waals surface area contributed by atoms with Gasteiger partial charge in [-0.05, 0) is 24.3 Å². The van der Waals surface area contributed by atoms with Crippen molar-refractivity contribution in [2.45, 2.75) is 12.5 Å². The number of hydrogen-bond acceptors (Lipinski definition) is 5. The SMILES string of the molecule is NC(=O)C[C@H](N)c1ccc(-c2ccc([N+](=O)[O-])cc2)o1. The second-order valence-corrected chi connectivity index (χ2v) is 4.28. The summed E-state index contributed by atoms with van der Waals surface area (Å²) in [6.07, 6.45) is -0.00673. The van der Waals surface area contributed by atoms with Crippen molar-refractivity contribution in [3.63, 3.8) is 0 Å². The van der Waals surface area contributed by atoms with Crippen LogP contribution in [0.4, 0.5) is 5.69 Å². The molecule has 20 heavy (non-hydrogen) atoms. The van der Waals surface area contributed by atoms with E-state index in [2.05, 4.69) is 0 Å². The van der Waals surface area contributed by atoms with Crippen LogP contribution in [0.15, 0.2) is 40.8 Å². The Morgan fingerprint density at radius 3 is 2.45 bits per heavy atom. The molecule has 0 fully saturated rings. The second kappa shape index (κ2) is 5.54. The van der Waals surface area contributed by atoms with E-state index in [9.17, 15) is 14.9 Å². The lowest BCUT2D eigenvalue weighted by molar-refractivity contribution is -0.384. The molecule has 0 aliphatic rings. The Balaban J connectivity index is 2.20. The molecule has 104 valence electrons. The standard InChI is InChI=1S/C13H13N3O4/c14-10(7-13(15)17)12-6-5-11(20-12)8-1-3-9(4-2-8)16(18)19/h1-6,10H,7,14H2,(H2,15,17)/t10-/m0/s1. The van der Waals surface area contributed by atoms with E-state index in [1.54, 1.807) is 24.3 Å². The largest absolute Gasteiger partial charge is 0.459 e. The third kappa shape index (κ3) is 3.01. The van der Waals surface area contributed by atoms with Gasteiger partial charge in [-0.2, -0.15) is 0 Å². The fourth-order valence-corrected chi connectivity index (χ4v) is 1.77. The van der Waals surface area contributed by atoms with Gasteiger partial charge in [-0.15, -0.1) is 0 Å². The highest BCUT2D eigenvalue weighted by atomic mass is 16.6. The predicted octanol–water partition coefficient (Wildman–Crippen LogP) is 1.73. The highest BCUT2D eigenvalue weighted by molar-refractivity contribution is 5.74. The molecule has 0 saturated carbocycles. The number of furan rings is 1. The molecule has 0 bridgehead atoms. The molecule has 7 heteroatoms. The lowest BCUT2D eigenvalue weighted by Gasteiger charge is -2.05. The fraction of sp³-hybridized carbons (Fsp3) is 0.154. The van der Waals surface area contributed by atoms with Crippen LogP contribution in [-0.4, -0.2) is 10.8 Å². The van der Waals surface area contributed by atoms with Gasteiger partial charge in [0.05, 0.1) is 11.0 Å². The smallest absolute Gasteiger partial charge is 0.269 e. The molecule has 0 unspecified atom stereocenters. The number of non-ortho nitro benzene ring substituents is 1. The maximum absolute atomic E-state index is 10.8. The van der Waals surface area contributed by atoms with Gasteiger partial charge in [-0.25, -0.2) is 0 Å². The number of nitro groups is 1. The first kappa shape index (κ1) is 13.8. The molecule has 2 rings (SSSR count). The number of amides is 1. The lowest BCUT2D eigenvalue weighted by Crippen LogP contribution is -2.20. The zero-order valence-corrected chi connectivity index (χ0v) is 10.5. The zero-order chi connectivity index (χ0) is 14.7. The Hall–Kier alpha value is -2.67. The van der Waals surface area contributed by atoms with Crippen molar-refractivity contribution in [2.75, 3.05) is 0 Å². The van der Waals surface area contributed by atoms with E-state index in [0.717, 1.165) is 0 Å². The lowest BCUT2D eigenvalue weighted by atomic mass is 10.1. The normalized spacial score (nSPS) is 12.1. The van der Waals surface area contributed by atoms with E-state index in [-0.39, 0.29) is 12.1 Å². The molecule has 1 amide bonds. The van der Waals surface area contributed by atoms with Crippen LogP contribution in [0.25, 0.3) is 11.3 Å². The van der Waals surface area contributed by atoms with Crippen molar-refractivity contribution in [2.24, 2.45) is 11.5 Å². The second-order valence-electron chi connectivity index (χ2n) is 4.28. The van der Waals surface area contributed by atoms with Gasteiger partial charge in [0.1, 0.15) is 11.5 Å². The van der Waals surface area contributed by atoms with Gasteiger partial charge >= 0.3 is 0 Å². The van der Waals surface area contributed by atoms with E-state index < -0.39 is 16.9 Å². The van der Waals surface area contributed by atoms with E-state index in [1.807, 2.05) is 0 Å². The number of hydrogen-bond donors (Lipinski definition) is 2. The van der Waals surface area contributed by atoms with Crippen LogP contribution in [0.1, 0.15) is 18.2 Å². The molecule has 4 N–H and O–H groups in total. The molecular weight excluding hydrogens is 262 g/mol. The average Bonchev–Trinajstić information content (AvgIpc) is 2.87. The molecule has 0 radical (unpaired) electrons. The van der Waals surface area contributed by atoms with Gasteiger partial charge in [-0.1, -0.05) is 0 Å². The van der Waals surface area contributed by atoms with Crippen molar-refractivity contribution in [3.8, 4) is 11.3 Å². The summed E-state index contributed by atoms with van der Waals surface area (Å²) in [5, 5.41) is 10.6. The number of benzene rings is 1. The van der Waals surface area contributed by atoms with Crippen molar-refractivity contribution >= 4 is 11.6 Å². The summed E-state index contributed by atoms with van der Waals surface area (Å²) in [5.41, 5.74) is 11.5. The Kier molecular flexibility index (Phi) is 3.81. The number of nitro benzene ring substituents is 1. The fourth-order valence-electron chi connectivity index (χ4n) is 1.77. The first-order valence-electron chi connectivity index (χ1n) is 5.86. The average molecular weight is 275 g/mol. The van der Waals surface area contributed by atoms with Crippen LogP contribution in [0.2, 0.25) is 0 Å². The summed E-state index contributed by atoms with van der Waals surface area (Å²) >= 11 is 0. The molecule has 1 aromatic carbocycles. The number of primary amides is 1. The summed E-state index contributed by atoms with van der Waals surface area (Å²) < 4.78 is 5.53. The first-order chi connectivity index (χ1) is 9.47. The number of nitrogens with two attached hydrogens (primary N) is 2. The van der Waals surface area contributed by atoms with Crippen LogP contribution in [0.5, 0.6) is 0 Å². The molecular formula is C13H13N3O4. The van der Waals surface area contributed by atoms with Gasteiger partial charge in [-0.3, -0.25) is 14.9 Å². The highest BCUT2D eigenvalue weighted by Gasteiger charge is 2.14. The van der Waals surface area contributed by atoms with E-state index in [1.165, 1.54) is 12.1 Å². The summed E-state index contributed by atoms with van der Waals surface area (Å²) in [6, 6.07) is 8.70. The van der Waals surface area contributed by atoms with Gasteiger partial charge in [0.15, 0.2) is 0 Å². The van der Waals surface area contributed by atoms with E-state index >= 15 is 0 Å². The topological polar surface area (TPSA) is 125 Å². The number of rotatable bonds is 5. The van der Waals surface area contributed by atoms with Gasteiger partial charge in [0, 0.05) is 24.1 Å². The summed E-state index contributed by atoms with van der Waals surface area (Å²) in [6.45, 7) is 0. The van der Waals surface area contributed by atoms with Gasteiger partial charge in [0.2, 0.25) is 5.91 Å². The molecule has 0 aliphatic carbocycles. The van der Waals surface area contributed by atoms with E-state index in [0.29, 0.717) is 17.1 Å². The molecule has 1 heterocycles.